The maximum absolute atomic E-state index is 13.2. The number of urea groups is 1. The lowest BCUT2D eigenvalue weighted by atomic mass is 9.86. The highest BCUT2D eigenvalue weighted by Crippen LogP contribution is 2.34. The average molecular weight is 400 g/mol. The van der Waals surface area contributed by atoms with Crippen molar-refractivity contribution in [2.75, 3.05) is 27.2 Å². The fourth-order valence-electron chi connectivity index (χ4n) is 4.20. The Morgan fingerprint density at radius 2 is 1.93 bits per heavy atom. The number of hydrogen-bond donors (Lipinski definition) is 1. The molecule has 0 aliphatic carbocycles. The highest BCUT2D eigenvalue weighted by Gasteiger charge is 2.53. The molecule has 0 aromatic heterocycles. The van der Waals surface area contributed by atoms with Gasteiger partial charge < -0.3 is 19.8 Å². The number of para-hydroxylation sites is 1. The molecule has 1 atom stereocenters. The number of benzene rings is 1. The van der Waals surface area contributed by atoms with Crippen molar-refractivity contribution in [3.63, 3.8) is 0 Å². The van der Waals surface area contributed by atoms with Crippen LogP contribution in [0.2, 0.25) is 0 Å². The molecule has 4 rings (SSSR count). The van der Waals surface area contributed by atoms with Crippen LogP contribution in [-0.2, 0) is 14.4 Å². The van der Waals surface area contributed by atoms with Crippen LogP contribution < -0.4 is 10.1 Å². The summed E-state index contributed by atoms with van der Waals surface area (Å²) in [7, 11) is 3.05. The molecule has 1 N–H and O–H groups in total. The third-order valence-corrected chi connectivity index (χ3v) is 6.00. The van der Waals surface area contributed by atoms with Gasteiger partial charge in [0.1, 0.15) is 11.3 Å². The van der Waals surface area contributed by atoms with Gasteiger partial charge in [0.15, 0.2) is 0 Å². The minimum absolute atomic E-state index is 0.175. The van der Waals surface area contributed by atoms with Crippen molar-refractivity contribution in [3.8, 4) is 5.75 Å². The van der Waals surface area contributed by atoms with Crippen LogP contribution in [0.25, 0.3) is 0 Å². The molecule has 3 aliphatic heterocycles. The van der Waals surface area contributed by atoms with E-state index in [1.54, 1.807) is 18.9 Å². The number of likely N-dealkylation sites (N-methyl/N-ethyl adjacent to an activating group) is 1. The number of imide groups is 1. The maximum Gasteiger partial charge on any atom is 0.324 e. The summed E-state index contributed by atoms with van der Waals surface area (Å²) in [4.78, 5) is 45.8. The lowest BCUT2D eigenvalue weighted by molar-refractivity contribution is -0.156. The first-order valence-corrected chi connectivity index (χ1v) is 9.58. The monoisotopic (exact) mass is 400 g/mol. The molecule has 2 saturated heterocycles. The van der Waals surface area contributed by atoms with Gasteiger partial charge in [-0.2, -0.15) is 0 Å². The number of ether oxygens (including phenoxy) is 1. The van der Waals surface area contributed by atoms with E-state index in [9.17, 15) is 14.4 Å². The van der Waals surface area contributed by atoms with Gasteiger partial charge >= 0.3 is 6.03 Å². The van der Waals surface area contributed by atoms with Crippen molar-refractivity contribution in [3.05, 3.63) is 29.8 Å². The third-order valence-electron chi connectivity index (χ3n) is 6.00. The van der Waals surface area contributed by atoms with Crippen molar-refractivity contribution < 1.29 is 24.0 Å². The van der Waals surface area contributed by atoms with E-state index in [0.717, 1.165) is 10.5 Å². The molecular formula is C20H24N4O5. The van der Waals surface area contributed by atoms with Crippen molar-refractivity contribution in [1.82, 2.24) is 15.1 Å². The van der Waals surface area contributed by atoms with Crippen LogP contribution in [-0.4, -0.2) is 71.7 Å². The number of nitrogens with zero attached hydrogens (tertiary/aromatic N) is 3. The second kappa shape index (κ2) is 6.75. The average Bonchev–Trinajstić information content (AvgIpc) is 3.23. The molecule has 0 bridgehead atoms. The van der Waals surface area contributed by atoms with Crippen LogP contribution >= 0.6 is 0 Å². The zero-order valence-corrected chi connectivity index (χ0v) is 16.7. The van der Waals surface area contributed by atoms with Gasteiger partial charge in [-0.05, 0) is 31.9 Å². The van der Waals surface area contributed by atoms with E-state index in [4.69, 9.17) is 9.57 Å². The third kappa shape index (κ3) is 3.01. The normalized spacial score (nSPS) is 25.7. The molecule has 1 aromatic rings. The number of amides is 4. The summed E-state index contributed by atoms with van der Waals surface area (Å²) in [5.74, 6) is 0.261. The van der Waals surface area contributed by atoms with Crippen LogP contribution in [0.5, 0.6) is 5.75 Å². The second-order valence-corrected chi connectivity index (χ2v) is 7.91. The van der Waals surface area contributed by atoms with E-state index < -0.39 is 17.2 Å². The summed E-state index contributed by atoms with van der Waals surface area (Å²) in [6.45, 7) is 2.45. The van der Waals surface area contributed by atoms with E-state index in [-0.39, 0.29) is 11.8 Å². The van der Waals surface area contributed by atoms with Crippen LogP contribution in [0.3, 0.4) is 0 Å². The van der Waals surface area contributed by atoms with E-state index in [1.807, 2.05) is 24.3 Å². The van der Waals surface area contributed by atoms with Crippen LogP contribution in [0.4, 0.5) is 4.79 Å². The topological polar surface area (TPSA) is 101 Å². The Kier molecular flexibility index (Phi) is 4.48. The molecule has 9 heteroatoms. The first-order valence-electron chi connectivity index (χ1n) is 9.58. The van der Waals surface area contributed by atoms with Gasteiger partial charge in [-0.1, -0.05) is 17.3 Å². The second-order valence-electron chi connectivity index (χ2n) is 7.91. The minimum atomic E-state index is -1.11. The van der Waals surface area contributed by atoms with E-state index in [0.29, 0.717) is 43.8 Å². The van der Waals surface area contributed by atoms with Crippen molar-refractivity contribution in [2.24, 2.45) is 5.16 Å². The Labute approximate surface area is 168 Å². The molecule has 2 fully saturated rings. The fraction of sp³-hybridized carbons (Fsp3) is 0.500. The fourth-order valence-corrected chi connectivity index (χ4v) is 4.20. The van der Waals surface area contributed by atoms with Gasteiger partial charge in [0.2, 0.25) is 5.60 Å². The number of methoxy groups -OCH3 is 1. The summed E-state index contributed by atoms with van der Waals surface area (Å²) >= 11 is 0. The van der Waals surface area contributed by atoms with Gasteiger partial charge in [-0.3, -0.25) is 14.5 Å². The van der Waals surface area contributed by atoms with Gasteiger partial charge in [0.25, 0.3) is 11.8 Å². The molecule has 29 heavy (non-hydrogen) atoms. The first kappa shape index (κ1) is 19.2. The van der Waals surface area contributed by atoms with Gasteiger partial charge in [-0.15, -0.1) is 0 Å². The predicted molar refractivity (Wildman–Crippen MR) is 103 cm³/mol. The largest absolute Gasteiger partial charge is 0.496 e. The zero-order valence-electron chi connectivity index (χ0n) is 16.7. The number of likely N-dealkylation sites (tertiary alicyclic amines) is 1. The summed E-state index contributed by atoms with van der Waals surface area (Å²) in [6.07, 6.45) is 1.08. The SMILES string of the molecule is COc1ccccc1C1=NOC(C)(C(=O)N2CCC3(CC2)NC(=O)N(C)C3=O)C1. The smallest absolute Gasteiger partial charge is 0.324 e. The predicted octanol–water partition coefficient (Wildman–Crippen LogP) is 1.12. The van der Waals surface area contributed by atoms with Crippen molar-refractivity contribution >= 4 is 23.6 Å². The number of carbonyl (C=O) groups is 3. The number of rotatable bonds is 3. The highest BCUT2D eigenvalue weighted by atomic mass is 16.7. The van der Waals surface area contributed by atoms with Gasteiger partial charge in [0.05, 0.1) is 12.8 Å². The molecular weight excluding hydrogens is 376 g/mol. The summed E-state index contributed by atoms with van der Waals surface area (Å²) in [6, 6.07) is 7.07. The summed E-state index contributed by atoms with van der Waals surface area (Å²) < 4.78 is 5.38. The number of carbonyl (C=O) groups excluding carboxylic acids is 3. The first-order chi connectivity index (χ1) is 13.8. The zero-order chi connectivity index (χ0) is 20.8. The Morgan fingerprint density at radius 1 is 1.24 bits per heavy atom. The van der Waals surface area contributed by atoms with E-state index in [2.05, 4.69) is 10.5 Å². The standard InChI is InChI=1S/C20H24N4O5/c1-19(12-14(22-29-19)13-6-4-5-7-15(13)28-3)16(25)24-10-8-20(9-11-24)17(26)23(2)18(27)21-20/h4-7H,8-12H2,1-3H3,(H,21,27). The molecule has 0 saturated carbocycles. The quantitative estimate of drug-likeness (QED) is 0.767. The maximum atomic E-state index is 13.2. The lowest BCUT2D eigenvalue weighted by Gasteiger charge is -2.39. The Bertz CT molecular complexity index is 906. The van der Waals surface area contributed by atoms with Crippen LogP contribution in [0.15, 0.2) is 29.4 Å². The number of hydrogen-bond acceptors (Lipinski definition) is 6. The van der Waals surface area contributed by atoms with Crippen molar-refractivity contribution in [2.45, 2.75) is 37.3 Å². The van der Waals surface area contributed by atoms with Crippen LogP contribution in [0.1, 0.15) is 31.7 Å². The summed E-state index contributed by atoms with van der Waals surface area (Å²) in [5, 5.41) is 6.94. The van der Waals surface area contributed by atoms with Crippen LogP contribution in [0, 0.1) is 0 Å². The minimum Gasteiger partial charge on any atom is -0.496 e. The number of nitrogens with one attached hydrogen (secondary N) is 1. The molecule has 4 amide bonds. The molecule has 1 spiro atoms. The molecule has 1 aromatic carbocycles. The van der Waals surface area contributed by atoms with E-state index in [1.165, 1.54) is 7.05 Å². The molecule has 1 unspecified atom stereocenters. The molecule has 3 heterocycles. The molecule has 9 nitrogen and oxygen atoms in total. The van der Waals surface area contributed by atoms with E-state index >= 15 is 0 Å². The Morgan fingerprint density at radius 3 is 2.55 bits per heavy atom. The Hall–Kier alpha value is -3.10. The lowest BCUT2D eigenvalue weighted by Crippen LogP contribution is -2.58. The Balaban J connectivity index is 1.44. The summed E-state index contributed by atoms with van der Waals surface area (Å²) in [5.41, 5.74) is -0.558. The van der Waals surface area contributed by atoms with Gasteiger partial charge in [0, 0.05) is 32.1 Å². The van der Waals surface area contributed by atoms with Crippen molar-refractivity contribution in [1.29, 1.82) is 0 Å². The highest BCUT2D eigenvalue weighted by molar-refractivity contribution is 6.08. The molecule has 0 radical (unpaired) electrons. The van der Waals surface area contributed by atoms with Gasteiger partial charge in [-0.25, -0.2) is 4.79 Å². The molecule has 3 aliphatic rings. The number of oxime groups is 1. The number of piperidine rings is 1. The molecule has 154 valence electrons.